The molecule has 7 amide bonds. The molecule has 0 saturated heterocycles. The summed E-state index contributed by atoms with van der Waals surface area (Å²) in [7, 11) is 0. The van der Waals surface area contributed by atoms with Crippen LogP contribution >= 0.6 is 0 Å². The summed E-state index contributed by atoms with van der Waals surface area (Å²) in [5, 5.41) is 83.8. The number of carbonyl (C=O) groups is 9. The molecule has 340 valence electrons. The standard InChI is InChI=1S/C38H52N8O16/c1-18(49)30(45-28(52)15-39)36(59)42-24(12-20-6-4-3-5-7-20)34(57)46-31(19(2)50)37(60)43-26(16-47)35(58)41-25(14-29(53)54)33(56)40-23(13-21-8-10-22(51)11-9-21)32(55)44-27(17-48)38(61)62/h3-11,18-19,23-27,30-31,47-51H,12-17,39H2,1-2H3,(H,40,56)(H,41,58)(H,42,59)(H,43,60)(H,44,55)(H,45,52)(H,46,57)(H,53,54)(H,61,62)/t18-,19-,23+,24+,25+,26+,27+,30+,31+/m1/s1. The SMILES string of the molecule is C[C@@H](O)[C@H](NC(=O)CN)C(=O)N[C@@H](Cc1ccccc1)C(=O)N[C@H](C(=O)N[C@@H](CO)C(=O)N[C@@H](CC(=O)O)C(=O)N[C@@H](Cc1ccc(O)cc1)C(=O)N[C@@H](CO)C(=O)O)[C@@H](C)O. The number of phenols is 1. The van der Waals surface area contributed by atoms with Crippen molar-refractivity contribution in [2.45, 2.75) is 87.6 Å². The summed E-state index contributed by atoms with van der Waals surface area (Å²) in [6.07, 6.45) is -4.88. The molecular formula is C38H52N8O16. The summed E-state index contributed by atoms with van der Waals surface area (Å²) in [5.74, 6) is -11.4. The Morgan fingerprint density at radius 3 is 1.40 bits per heavy atom. The molecule has 2 aromatic rings. The lowest BCUT2D eigenvalue weighted by Gasteiger charge is -2.28. The molecule has 2 aromatic carbocycles. The molecule has 16 N–H and O–H groups in total. The summed E-state index contributed by atoms with van der Waals surface area (Å²) in [5.41, 5.74) is 6.13. The van der Waals surface area contributed by atoms with E-state index in [0.29, 0.717) is 11.1 Å². The molecule has 0 radical (unpaired) electrons. The Labute approximate surface area is 353 Å². The highest BCUT2D eigenvalue weighted by Gasteiger charge is 2.36. The lowest BCUT2D eigenvalue weighted by Crippen LogP contribution is -2.63. The van der Waals surface area contributed by atoms with Gasteiger partial charge in [0.25, 0.3) is 0 Å². The van der Waals surface area contributed by atoms with Gasteiger partial charge in [0, 0.05) is 12.8 Å². The number of phenolic OH excluding ortho intramolecular Hbond substituents is 1. The van der Waals surface area contributed by atoms with Crippen molar-refractivity contribution in [1.29, 1.82) is 0 Å². The fourth-order valence-corrected chi connectivity index (χ4v) is 5.54. The number of nitrogens with two attached hydrogens (primary N) is 1. The van der Waals surface area contributed by atoms with E-state index in [9.17, 15) is 78.9 Å². The van der Waals surface area contributed by atoms with E-state index in [1.165, 1.54) is 31.2 Å². The normalized spacial score (nSPS) is 15.3. The Morgan fingerprint density at radius 2 is 0.935 bits per heavy atom. The first kappa shape index (κ1) is 51.4. The van der Waals surface area contributed by atoms with Crippen LogP contribution in [0.1, 0.15) is 31.4 Å². The second kappa shape index (κ2) is 25.1. The van der Waals surface area contributed by atoms with Crippen LogP contribution in [0, 0.1) is 0 Å². The maximum atomic E-state index is 13.7. The van der Waals surface area contributed by atoms with Crippen molar-refractivity contribution in [2.24, 2.45) is 5.73 Å². The summed E-state index contributed by atoms with van der Waals surface area (Å²) < 4.78 is 0. The number of amides is 7. The van der Waals surface area contributed by atoms with Crippen LogP contribution in [0.2, 0.25) is 0 Å². The molecule has 0 bridgehead atoms. The predicted molar refractivity (Wildman–Crippen MR) is 212 cm³/mol. The van der Waals surface area contributed by atoms with E-state index < -0.39 is 134 Å². The van der Waals surface area contributed by atoms with E-state index in [-0.39, 0.29) is 18.6 Å². The first-order chi connectivity index (χ1) is 29.2. The number of aliphatic hydroxyl groups excluding tert-OH is 4. The Hall–Kier alpha value is -6.73. The third-order valence-corrected chi connectivity index (χ3v) is 8.88. The molecule has 0 aliphatic rings. The maximum Gasteiger partial charge on any atom is 0.328 e. The van der Waals surface area contributed by atoms with Crippen LogP contribution in [0.4, 0.5) is 0 Å². The van der Waals surface area contributed by atoms with Crippen LogP contribution in [-0.2, 0) is 56.0 Å². The zero-order chi connectivity index (χ0) is 46.7. The van der Waals surface area contributed by atoms with Crippen LogP contribution in [0.15, 0.2) is 54.6 Å². The first-order valence-electron chi connectivity index (χ1n) is 18.9. The van der Waals surface area contributed by atoms with Gasteiger partial charge in [0.2, 0.25) is 41.4 Å². The van der Waals surface area contributed by atoms with Gasteiger partial charge in [-0.2, -0.15) is 0 Å². The third-order valence-electron chi connectivity index (χ3n) is 8.88. The highest BCUT2D eigenvalue weighted by Crippen LogP contribution is 2.13. The number of rotatable bonds is 25. The van der Waals surface area contributed by atoms with E-state index in [0.717, 1.165) is 6.92 Å². The van der Waals surface area contributed by atoms with E-state index in [4.69, 9.17) is 5.73 Å². The monoisotopic (exact) mass is 876 g/mol. The van der Waals surface area contributed by atoms with Gasteiger partial charge in [0.1, 0.15) is 48.0 Å². The van der Waals surface area contributed by atoms with Gasteiger partial charge in [-0.05, 0) is 37.1 Å². The van der Waals surface area contributed by atoms with Gasteiger partial charge in [0.15, 0.2) is 0 Å². The van der Waals surface area contributed by atoms with Gasteiger partial charge < -0.3 is 78.7 Å². The zero-order valence-electron chi connectivity index (χ0n) is 33.5. The minimum Gasteiger partial charge on any atom is -0.508 e. The number of aromatic hydroxyl groups is 1. The molecule has 0 saturated carbocycles. The number of hydrogen-bond donors (Lipinski definition) is 15. The fourth-order valence-electron chi connectivity index (χ4n) is 5.54. The summed E-state index contributed by atoms with van der Waals surface area (Å²) in [4.78, 5) is 115. The number of hydrogen-bond acceptors (Lipinski definition) is 15. The van der Waals surface area contributed by atoms with Gasteiger partial charge >= 0.3 is 11.9 Å². The molecule has 24 heteroatoms. The van der Waals surface area contributed by atoms with Gasteiger partial charge in [-0.3, -0.25) is 38.4 Å². The minimum atomic E-state index is -2.01. The van der Waals surface area contributed by atoms with Crippen LogP contribution in [-0.4, -0.2) is 163 Å². The van der Waals surface area contributed by atoms with E-state index >= 15 is 0 Å². The first-order valence-corrected chi connectivity index (χ1v) is 18.9. The molecule has 24 nitrogen and oxygen atoms in total. The highest BCUT2D eigenvalue weighted by molar-refractivity contribution is 5.98. The summed E-state index contributed by atoms with van der Waals surface area (Å²) >= 11 is 0. The Kier molecular flexibility index (Phi) is 20.8. The van der Waals surface area contributed by atoms with Crippen molar-refractivity contribution < 1.29 is 78.9 Å². The van der Waals surface area contributed by atoms with Crippen LogP contribution < -0.4 is 43.0 Å². The van der Waals surface area contributed by atoms with E-state index in [1.54, 1.807) is 30.3 Å². The van der Waals surface area contributed by atoms with Crippen molar-refractivity contribution in [3.8, 4) is 5.75 Å². The smallest absolute Gasteiger partial charge is 0.328 e. The lowest BCUT2D eigenvalue weighted by molar-refractivity contribution is -0.144. The van der Waals surface area contributed by atoms with Crippen molar-refractivity contribution in [1.82, 2.24) is 37.2 Å². The average Bonchev–Trinajstić information content (AvgIpc) is 3.22. The molecule has 0 heterocycles. The van der Waals surface area contributed by atoms with Crippen LogP contribution in [0.25, 0.3) is 0 Å². The quantitative estimate of drug-likeness (QED) is 0.0441. The third kappa shape index (κ3) is 16.7. The number of carbonyl (C=O) groups excluding carboxylic acids is 7. The number of carboxylic acid groups (broad SMARTS) is 2. The molecule has 2 rings (SSSR count). The molecule has 0 aliphatic heterocycles. The Bertz CT molecular complexity index is 1880. The average molecular weight is 877 g/mol. The molecule has 62 heavy (non-hydrogen) atoms. The largest absolute Gasteiger partial charge is 0.508 e. The molecule has 0 aromatic heterocycles. The Morgan fingerprint density at radius 1 is 0.532 bits per heavy atom. The molecule has 0 spiro atoms. The van der Waals surface area contributed by atoms with Gasteiger partial charge in [-0.25, -0.2) is 4.79 Å². The second-order valence-electron chi connectivity index (χ2n) is 13.9. The van der Waals surface area contributed by atoms with Crippen molar-refractivity contribution in [2.75, 3.05) is 19.8 Å². The summed E-state index contributed by atoms with van der Waals surface area (Å²) in [6, 6.07) is 0.913. The van der Waals surface area contributed by atoms with E-state index in [1.807, 2.05) is 10.6 Å². The van der Waals surface area contributed by atoms with E-state index in [2.05, 4.69) is 26.6 Å². The fraction of sp³-hybridized carbons (Fsp3) is 0.447. The van der Waals surface area contributed by atoms with Crippen molar-refractivity contribution in [3.63, 3.8) is 0 Å². The molecular weight excluding hydrogens is 824 g/mol. The van der Waals surface area contributed by atoms with Crippen LogP contribution in [0.3, 0.4) is 0 Å². The Balaban J connectivity index is 2.32. The topological polar surface area (TPSA) is 405 Å². The number of benzene rings is 2. The molecule has 0 unspecified atom stereocenters. The van der Waals surface area contributed by atoms with Crippen molar-refractivity contribution >= 4 is 53.3 Å². The number of aliphatic carboxylic acids is 2. The van der Waals surface area contributed by atoms with Crippen molar-refractivity contribution in [3.05, 3.63) is 65.7 Å². The second-order valence-corrected chi connectivity index (χ2v) is 13.9. The minimum absolute atomic E-state index is 0.156. The maximum absolute atomic E-state index is 13.7. The van der Waals surface area contributed by atoms with Gasteiger partial charge in [-0.1, -0.05) is 42.5 Å². The molecule has 0 fully saturated rings. The highest BCUT2D eigenvalue weighted by atomic mass is 16.4. The summed E-state index contributed by atoms with van der Waals surface area (Å²) in [6.45, 7) is -0.492. The lowest BCUT2D eigenvalue weighted by atomic mass is 10.0. The predicted octanol–water partition coefficient (Wildman–Crippen LogP) is -6.16. The van der Waals surface area contributed by atoms with Gasteiger partial charge in [-0.15, -0.1) is 0 Å². The zero-order valence-corrected chi connectivity index (χ0v) is 33.5. The van der Waals surface area contributed by atoms with Gasteiger partial charge in [0.05, 0.1) is 38.4 Å². The number of carboxylic acids is 2. The number of nitrogens with one attached hydrogen (secondary N) is 7. The molecule has 0 aliphatic carbocycles. The van der Waals surface area contributed by atoms with Crippen LogP contribution in [0.5, 0.6) is 5.75 Å². The molecule has 9 atom stereocenters. The number of aliphatic hydroxyl groups is 4.